The van der Waals surface area contributed by atoms with E-state index in [0.717, 1.165) is 0 Å². The van der Waals surface area contributed by atoms with Gasteiger partial charge >= 0.3 is 0 Å². The molecule has 4 heteroatoms. The number of halogens is 1. The quantitative estimate of drug-likeness (QED) is 0.613. The molecule has 2 nitrogen and oxygen atoms in total. The maximum Gasteiger partial charge on any atom is 0.111 e. The van der Waals surface area contributed by atoms with Gasteiger partial charge in [0.2, 0.25) is 0 Å². The molecule has 0 aliphatic heterocycles. The van der Waals surface area contributed by atoms with Crippen molar-refractivity contribution in [3.63, 3.8) is 0 Å². The molecule has 1 aliphatic carbocycles. The minimum Gasteiger partial charge on any atom is -0.254 e. The highest BCUT2D eigenvalue weighted by Gasteiger charge is 2.28. The standard InChI is InChI=1S/C7H10FNOS/c8-6-7(11(9)10)4-2-1-3-5-7/h1-4,9,11H,5-6H2. The molecular formula is C7H10FNOS. The van der Waals surface area contributed by atoms with Gasteiger partial charge in [-0.1, -0.05) is 24.3 Å². The van der Waals surface area contributed by atoms with Gasteiger partial charge in [0, 0.05) is 10.6 Å². The predicted molar refractivity (Wildman–Crippen MR) is 43.9 cm³/mol. The van der Waals surface area contributed by atoms with Gasteiger partial charge in [0.15, 0.2) is 0 Å². The van der Waals surface area contributed by atoms with E-state index in [0.29, 0.717) is 6.42 Å². The van der Waals surface area contributed by atoms with Gasteiger partial charge < -0.3 is 0 Å². The number of thiol groups is 1. The lowest BCUT2D eigenvalue weighted by atomic mass is 10.0. The van der Waals surface area contributed by atoms with Gasteiger partial charge in [-0.3, -0.25) is 8.99 Å². The predicted octanol–water partition coefficient (Wildman–Crippen LogP) is 1.45. The Morgan fingerprint density at radius 1 is 1.64 bits per heavy atom. The van der Waals surface area contributed by atoms with Gasteiger partial charge in [-0.05, 0) is 6.42 Å². The number of hydrogen-bond acceptors (Lipinski definition) is 2. The van der Waals surface area contributed by atoms with E-state index < -0.39 is 22.0 Å². The number of alkyl halides is 1. The molecule has 62 valence electrons. The van der Waals surface area contributed by atoms with Crippen LogP contribution in [0.4, 0.5) is 4.39 Å². The van der Waals surface area contributed by atoms with Gasteiger partial charge in [-0.2, -0.15) is 0 Å². The first-order valence-corrected chi connectivity index (χ1v) is 4.56. The fraction of sp³-hybridized carbons (Fsp3) is 0.429. The van der Waals surface area contributed by atoms with Crippen molar-refractivity contribution < 1.29 is 8.60 Å². The molecule has 1 aliphatic rings. The van der Waals surface area contributed by atoms with E-state index in [1.165, 1.54) is 6.08 Å². The third-order valence-corrected chi connectivity index (χ3v) is 3.02. The molecule has 0 radical (unpaired) electrons. The minimum absolute atomic E-state index is 0.374. The first-order chi connectivity index (χ1) is 5.21. The molecule has 1 N–H and O–H groups in total. The Kier molecular flexibility index (Phi) is 2.44. The van der Waals surface area contributed by atoms with Crippen LogP contribution in [0.15, 0.2) is 24.3 Å². The molecule has 1 rings (SSSR count). The Bertz CT molecular complexity index is 262. The molecule has 0 aromatic rings. The van der Waals surface area contributed by atoms with E-state index in [1.807, 2.05) is 0 Å². The molecular weight excluding hydrogens is 165 g/mol. The molecule has 0 amide bonds. The second-order valence-corrected chi connectivity index (χ2v) is 4.00. The average molecular weight is 175 g/mol. The lowest BCUT2D eigenvalue weighted by molar-refractivity contribution is 0.430. The maximum absolute atomic E-state index is 12.4. The highest BCUT2D eigenvalue weighted by Crippen LogP contribution is 2.22. The smallest absolute Gasteiger partial charge is 0.111 e. The summed E-state index contributed by atoms with van der Waals surface area (Å²) < 4.78 is 29.2. The molecule has 0 fully saturated rings. The van der Waals surface area contributed by atoms with Crippen molar-refractivity contribution in [1.82, 2.24) is 0 Å². The van der Waals surface area contributed by atoms with Crippen LogP contribution in [-0.2, 0) is 10.6 Å². The van der Waals surface area contributed by atoms with Crippen LogP contribution in [-0.4, -0.2) is 15.6 Å². The molecule has 2 unspecified atom stereocenters. The fourth-order valence-electron chi connectivity index (χ4n) is 0.957. The molecule has 0 aromatic heterocycles. The maximum atomic E-state index is 12.4. The summed E-state index contributed by atoms with van der Waals surface area (Å²) in [5.41, 5.74) is 0. The summed E-state index contributed by atoms with van der Waals surface area (Å²) in [6.45, 7) is -0.716. The van der Waals surface area contributed by atoms with Crippen molar-refractivity contribution >= 4 is 10.6 Å². The highest BCUT2D eigenvalue weighted by atomic mass is 32.2. The van der Waals surface area contributed by atoms with Gasteiger partial charge in [-0.15, -0.1) is 0 Å². The Morgan fingerprint density at radius 3 is 2.64 bits per heavy atom. The number of hydrogen-bond donors (Lipinski definition) is 2. The first kappa shape index (κ1) is 8.46. The van der Waals surface area contributed by atoms with Crippen molar-refractivity contribution in [2.45, 2.75) is 11.2 Å². The molecule has 11 heavy (non-hydrogen) atoms. The third-order valence-electron chi connectivity index (χ3n) is 1.76. The number of nitrogens with one attached hydrogen (secondary N) is 1. The number of allylic oxidation sites excluding steroid dienone is 3. The molecule has 0 bridgehead atoms. The van der Waals surface area contributed by atoms with Crippen LogP contribution in [0.1, 0.15) is 6.42 Å². The summed E-state index contributed by atoms with van der Waals surface area (Å²) in [5, 5.41) is 0. The summed E-state index contributed by atoms with van der Waals surface area (Å²) in [5.74, 6) is 0. The van der Waals surface area contributed by atoms with Crippen LogP contribution < -0.4 is 0 Å². The van der Waals surface area contributed by atoms with E-state index >= 15 is 0 Å². The second kappa shape index (κ2) is 3.17. The minimum atomic E-state index is -2.22. The van der Waals surface area contributed by atoms with Crippen LogP contribution in [0.25, 0.3) is 0 Å². The first-order valence-electron chi connectivity index (χ1n) is 3.30. The zero-order valence-electron chi connectivity index (χ0n) is 5.96. The van der Waals surface area contributed by atoms with Crippen molar-refractivity contribution in [2.75, 3.05) is 6.67 Å². The lowest BCUT2D eigenvalue weighted by Crippen LogP contribution is -2.30. The van der Waals surface area contributed by atoms with Gasteiger partial charge in [0.1, 0.15) is 11.4 Å². The summed E-state index contributed by atoms with van der Waals surface area (Å²) in [6.07, 6.45) is 7.05. The van der Waals surface area contributed by atoms with Gasteiger partial charge in [0.25, 0.3) is 0 Å². The molecule has 0 saturated heterocycles. The third kappa shape index (κ3) is 1.50. The lowest BCUT2D eigenvalue weighted by Gasteiger charge is -2.21. The fourth-order valence-corrected chi connectivity index (χ4v) is 1.56. The second-order valence-electron chi connectivity index (χ2n) is 2.52. The van der Waals surface area contributed by atoms with Gasteiger partial charge in [-0.25, -0.2) is 4.39 Å². The van der Waals surface area contributed by atoms with E-state index in [1.54, 1.807) is 18.2 Å². The van der Waals surface area contributed by atoms with E-state index in [-0.39, 0.29) is 0 Å². The van der Waals surface area contributed by atoms with Crippen molar-refractivity contribution in [1.29, 1.82) is 4.78 Å². The SMILES string of the molecule is N=[SH](=O)C1(CF)C=CC=CC1. The largest absolute Gasteiger partial charge is 0.254 e. The molecule has 2 atom stereocenters. The normalized spacial score (nSPS) is 32.1. The molecule has 0 heterocycles. The van der Waals surface area contributed by atoms with E-state index in [4.69, 9.17) is 4.78 Å². The summed E-state index contributed by atoms with van der Waals surface area (Å²) >= 11 is 0. The molecule has 0 spiro atoms. The van der Waals surface area contributed by atoms with Crippen molar-refractivity contribution in [2.24, 2.45) is 0 Å². The van der Waals surface area contributed by atoms with Crippen molar-refractivity contribution in [3.8, 4) is 0 Å². The molecule has 0 aromatic carbocycles. The summed E-state index contributed by atoms with van der Waals surface area (Å²) in [7, 11) is -2.22. The van der Waals surface area contributed by atoms with Gasteiger partial charge in [0.05, 0.1) is 0 Å². The highest BCUT2D eigenvalue weighted by molar-refractivity contribution is 7.75. The van der Waals surface area contributed by atoms with Crippen LogP contribution in [0, 0.1) is 4.78 Å². The van der Waals surface area contributed by atoms with E-state index in [2.05, 4.69) is 0 Å². The van der Waals surface area contributed by atoms with Crippen LogP contribution in [0.5, 0.6) is 0 Å². The molecule has 0 saturated carbocycles. The summed E-state index contributed by atoms with van der Waals surface area (Å²) in [4.78, 5) is 0. The zero-order valence-corrected chi connectivity index (χ0v) is 6.85. The van der Waals surface area contributed by atoms with Crippen LogP contribution >= 0.6 is 0 Å². The Labute approximate surface area is 66.8 Å². The monoisotopic (exact) mass is 175 g/mol. The van der Waals surface area contributed by atoms with Crippen LogP contribution in [0.3, 0.4) is 0 Å². The van der Waals surface area contributed by atoms with Crippen LogP contribution in [0.2, 0.25) is 0 Å². The topological polar surface area (TPSA) is 40.9 Å². The Balaban J connectivity index is 2.94. The summed E-state index contributed by atoms with van der Waals surface area (Å²) in [6, 6.07) is 0. The van der Waals surface area contributed by atoms with E-state index in [9.17, 15) is 8.60 Å². The Morgan fingerprint density at radius 2 is 2.36 bits per heavy atom. The zero-order chi connectivity index (χ0) is 8.32. The number of rotatable bonds is 2. The Hall–Kier alpha value is -0.640. The van der Waals surface area contributed by atoms with Crippen molar-refractivity contribution in [3.05, 3.63) is 24.3 Å². The average Bonchev–Trinajstić information content (AvgIpc) is 2.05.